The van der Waals surface area contributed by atoms with Crippen molar-refractivity contribution >= 4 is 12.1 Å². The molecule has 1 amide bonds. The summed E-state index contributed by atoms with van der Waals surface area (Å²) in [5.74, 6) is 1.32. The van der Waals surface area contributed by atoms with E-state index in [1.807, 2.05) is 57.2 Å². The second-order valence-electron chi connectivity index (χ2n) is 6.83. The molecule has 0 radical (unpaired) electrons. The molecular weight excluding hydrogens is 346 g/mol. The third kappa shape index (κ3) is 7.39. The lowest BCUT2D eigenvalue weighted by molar-refractivity contribution is 0.0529. The highest BCUT2D eigenvalue weighted by molar-refractivity contribution is 5.79. The summed E-state index contributed by atoms with van der Waals surface area (Å²) in [5.41, 5.74) is 1.24. The Morgan fingerprint density at radius 2 is 1.85 bits per heavy atom. The number of carbonyl (C=O) groups excluding carboxylic acids is 1. The van der Waals surface area contributed by atoms with Gasteiger partial charge in [-0.05, 0) is 20.8 Å². The van der Waals surface area contributed by atoms with Gasteiger partial charge in [-0.2, -0.15) is 0 Å². The molecule has 0 aliphatic rings. The van der Waals surface area contributed by atoms with Crippen LogP contribution in [0.25, 0.3) is 11.3 Å². The van der Waals surface area contributed by atoms with Gasteiger partial charge in [-0.1, -0.05) is 35.5 Å². The third-order valence-corrected chi connectivity index (χ3v) is 3.36. The average molecular weight is 373 g/mol. The summed E-state index contributed by atoms with van der Waals surface area (Å²) in [7, 11) is 1.68. The number of aromatic nitrogens is 1. The zero-order chi connectivity index (χ0) is 19.7. The molecule has 0 saturated heterocycles. The van der Waals surface area contributed by atoms with E-state index in [9.17, 15) is 4.79 Å². The first-order valence-electron chi connectivity index (χ1n) is 8.80. The van der Waals surface area contributed by atoms with Crippen LogP contribution in [-0.4, -0.2) is 42.9 Å². The average Bonchev–Trinajstić information content (AvgIpc) is 3.09. The van der Waals surface area contributed by atoms with E-state index in [4.69, 9.17) is 9.26 Å². The highest BCUT2D eigenvalue weighted by Crippen LogP contribution is 2.19. The predicted molar refractivity (Wildman–Crippen MR) is 104 cm³/mol. The number of ether oxygens (including phenoxy) is 1. The normalized spacial score (nSPS) is 11.8. The number of benzene rings is 1. The summed E-state index contributed by atoms with van der Waals surface area (Å²) in [6.07, 6.45) is -0.441. The van der Waals surface area contributed by atoms with E-state index in [-0.39, 0.29) is 0 Å². The van der Waals surface area contributed by atoms with Crippen molar-refractivity contribution in [2.45, 2.75) is 32.9 Å². The van der Waals surface area contributed by atoms with Crippen LogP contribution in [0.4, 0.5) is 4.79 Å². The lowest BCUT2D eigenvalue weighted by Crippen LogP contribution is -2.42. The van der Waals surface area contributed by atoms with Crippen molar-refractivity contribution in [1.29, 1.82) is 0 Å². The zero-order valence-electron chi connectivity index (χ0n) is 16.2. The second-order valence-corrected chi connectivity index (χ2v) is 6.83. The summed E-state index contributed by atoms with van der Waals surface area (Å²) in [5, 5.41) is 13.0. The van der Waals surface area contributed by atoms with E-state index >= 15 is 0 Å². The smallest absolute Gasteiger partial charge is 0.407 e. The number of aliphatic imine (C=N–C) groups is 1. The number of hydrogen-bond donors (Lipinski definition) is 3. The van der Waals surface area contributed by atoms with Crippen molar-refractivity contribution in [2.75, 3.05) is 20.1 Å². The van der Waals surface area contributed by atoms with Crippen LogP contribution in [0.2, 0.25) is 0 Å². The number of guanidine groups is 1. The van der Waals surface area contributed by atoms with Gasteiger partial charge in [-0.3, -0.25) is 4.99 Å². The molecule has 0 saturated carbocycles. The van der Waals surface area contributed by atoms with Gasteiger partial charge in [0.25, 0.3) is 0 Å². The maximum atomic E-state index is 11.6. The topological polar surface area (TPSA) is 101 Å². The van der Waals surface area contributed by atoms with Gasteiger partial charge in [0.05, 0.1) is 6.54 Å². The van der Waals surface area contributed by atoms with Crippen molar-refractivity contribution < 1.29 is 14.1 Å². The fourth-order valence-electron chi connectivity index (χ4n) is 2.19. The molecule has 1 aromatic carbocycles. The third-order valence-electron chi connectivity index (χ3n) is 3.36. The first kappa shape index (κ1) is 20.3. The Kier molecular flexibility index (Phi) is 7.22. The molecule has 27 heavy (non-hydrogen) atoms. The fourth-order valence-corrected chi connectivity index (χ4v) is 2.19. The molecule has 0 bridgehead atoms. The molecule has 1 heterocycles. The molecule has 0 spiro atoms. The number of hydrogen-bond acceptors (Lipinski definition) is 5. The van der Waals surface area contributed by atoms with Crippen molar-refractivity contribution in [2.24, 2.45) is 4.99 Å². The summed E-state index contributed by atoms with van der Waals surface area (Å²) < 4.78 is 10.5. The summed E-state index contributed by atoms with van der Waals surface area (Å²) in [6.45, 7) is 6.86. The highest BCUT2D eigenvalue weighted by atomic mass is 16.6. The van der Waals surface area contributed by atoms with E-state index < -0.39 is 11.7 Å². The van der Waals surface area contributed by atoms with Gasteiger partial charge >= 0.3 is 6.09 Å². The molecule has 0 fully saturated rings. The zero-order valence-corrected chi connectivity index (χ0v) is 16.2. The first-order valence-corrected chi connectivity index (χ1v) is 8.80. The monoisotopic (exact) mass is 373 g/mol. The van der Waals surface area contributed by atoms with Gasteiger partial charge in [0.15, 0.2) is 11.7 Å². The minimum absolute atomic E-state index is 0.414. The van der Waals surface area contributed by atoms with E-state index in [2.05, 4.69) is 26.1 Å². The molecule has 2 aromatic rings. The quantitative estimate of drug-likeness (QED) is 0.409. The Morgan fingerprint density at radius 1 is 1.15 bits per heavy atom. The minimum Gasteiger partial charge on any atom is -0.444 e. The van der Waals surface area contributed by atoms with Gasteiger partial charge in [0.2, 0.25) is 0 Å². The highest BCUT2D eigenvalue weighted by Gasteiger charge is 2.15. The van der Waals surface area contributed by atoms with Gasteiger partial charge in [-0.25, -0.2) is 4.79 Å². The SMILES string of the molecule is CN=C(NCCNC(=O)OC(C)(C)C)NCc1cc(-c2ccccc2)on1. The largest absolute Gasteiger partial charge is 0.444 e. The number of nitrogens with zero attached hydrogens (tertiary/aromatic N) is 2. The van der Waals surface area contributed by atoms with Crippen molar-refractivity contribution in [3.63, 3.8) is 0 Å². The number of nitrogens with one attached hydrogen (secondary N) is 3. The molecule has 8 heteroatoms. The maximum absolute atomic E-state index is 11.6. The Morgan fingerprint density at radius 3 is 2.52 bits per heavy atom. The van der Waals surface area contributed by atoms with Crippen LogP contribution in [0.5, 0.6) is 0 Å². The summed E-state index contributed by atoms with van der Waals surface area (Å²) in [6, 6.07) is 11.7. The van der Waals surface area contributed by atoms with Gasteiger partial charge < -0.3 is 25.2 Å². The van der Waals surface area contributed by atoms with E-state index in [1.54, 1.807) is 7.05 Å². The summed E-state index contributed by atoms with van der Waals surface area (Å²) in [4.78, 5) is 15.7. The van der Waals surface area contributed by atoms with Crippen molar-refractivity contribution in [3.05, 3.63) is 42.1 Å². The Bertz CT molecular complexity index is 750. The molecule has 0 unspecified atom stereocenters. The van der Waals surface area contributed by atoms with Crippen LogP contribution in [0.15, 0.2) is 45.9 Å². The lowest BCUT2D eigenvalue weighted by atomic mass is 10.2. The van der Waals surface area contributed by atoms with Crippen LogP contribution in [0.1, 0.15) is 26.5 Å². The van der Waals surface area contributed by atoms with E-state index in [1.165, 1.54) is 0 Å². The summed E-state index contributed by atoms with van der Waals surface area (Å²) >= 11 is 0. The van der Waals surface area contributed by atoms with Crippen molar-refractivity contribution in [1.82, 2.24) is 21.1 Å². The molecule has 0 aliphatic carbocycles. The van der Waals surface area contributed by atoms with Crippen LogP contribution >= 0.6 is 0 Å². The predicted octanol–water partition coefficient (Wildman–Crippen LogP) is 2.53. The van der Waals surface area contributed by atoms with E-state index in [0.717, 1.165) is 17.0 Å². The second kappa shape index (κ2) is 9.61. The molecule has 2 rings (SSSR count). The number of alkyl carbamates (subject to hydrolysis) is 1. The molecule has 1 aromatic heterocycles. The maximum Gasteiger partial charge on any atom is 0.407 e. The van der Waals surface area contributed by atoms with Crippen LogP contribution in [0.3, 0.4) is 0 Å². The number of amides is 1. The molecule has 0 aliphatic heterocycles. The molecule has 8 nitrogen and oxygen atoms in total. The molecular formula is C19H27N5O3. The minimum atomic E-state index is -0.509. The van der Waals surface area contributed by atoms with Gasteiger partial charge in [0, 0.05) is 31.8 Å². The standard InChI is InChI=1S/C19H27N5O3/c1-19(2,3)26-18(25)22-11-10-21-17(20-4)23-13-15-12-16(27-24-15)14-8-6-5-7-9-14/h5-9,12H,10-11,13H2,1-4H3,(H,22,25)(H2,20,21,23). The first-order chi connectivity index (χ1) is 12.9. The van der Waals surface area contributed by atoms with Crippen molar-refractivity contribution in [3.8, 4) is 11.3 Å². The molecule has 0 atom stereocenters. The van der Waals surface area contributed by atoms with Crippen LogP contribution < -0.4 is 16.0 Å². The fraction of sp³-hybridized carbons (Fsp3) is 0.421. The van der Waals surface area contributed by atoms with Crippen LogP contribution in [-0.2, 0) is 11.3 Å². The molecule has 146 valence electrons. The van der Waals surface area contributed by atoms with Crippen LogP contribution in [0, 0.1) is 0 Å². The number of rotatable bonds is 6. The van der Waals surface area contributed by atoms with Gasteiger partial charge in [-0.15, -0.1) is 0 Å². The Hall–Kier alpha value is -3.03. The number of carbonyl (C=O) groups is 1. The molecule has 3 N–H and O–H groups in total. The Labute approximate surface area is 159 Å². The lowest BCUT2D eigenvalue weighted by Gasteiger charge is -2.19. The van der Waals surface area contributed by atoms with Gasteiger partial charge in [0.1, 0.15) is 11.3 Å². The Balaban J connectivity index is 1.72. The van der Waals surface area contributed by atoms with E-state index in [0.29, 0.717) is 25.6 Å².